The molecule has 1 aromatic carbocycles. The van der Waals surface area contributed by atoms with E-state index in [4.69, 9.17) is 4.98 Å². The van der Waals surface area contributed by atoms with E-state index in [1.165, 1.54) is 12.8 Å². The highest BCUT2D eigenvalue weighted by atomic mass is 19.1. The van der Waals surface area contributed by atoms with Gasteiger partial charge in [0.2, 0.25) is 5.95 Å². The highest BCUT2D eigenvalue weighted by Gasteiger charge is 2.37. The summed E-state index contributed by atoms with van der Waals surface area (Å²) in [5, 5.41) is 3.64. The van der Waals surface area contributed by atoms with Gasteiger partial charge >= 0.3 is 0 Å². The molecule has 1 aromatic heterocycles. The normalized spacial score (nSPS) is 19.5. The van der Waals surface area contributed by atoms with Crippen LogP contribution in [0.15, 0.2) is 36.5 Å². The van der Waals surface area contributed by atoms with Crippen molar-refractivity contribution in [2.45, 2.75) is 50.6 Å². The molecule has 132 valence electrons. The Bertz CT molecular complexity index is 721. The standard InChI is InChI=1S/C20H25FN4/c21-18-8-2-1-7-17(18)20(10-3-4-11-20)23-15-16-9-12-22-19(24-16)25-13-5-6-14-25/h1-2,7-9,12,23H,3-6,10-11,13-15H2. The van der Waals surface area contributed by atoms with Crippen molar-refractivity contribution >= 4 is 5.95 Å². The predicted molar refractivity (Wildman–Crippen MR) is 96.9 cm³/mol. The average molecular weight is 340 g/mol. The molecule has 1 N–H and O–H groups in total. The van der Waals surface area contributed by atoms with Crippen molar-refractivity contribution in [2.24, 2.45) is 0 Å². The quantitative estimate of drug-likeness (QED) is 0.899. The van der Waals surface area contributed by atoms with Gasteiger partial charge in [0.15, 0.2) is 0 Å². The first-order chi connectivity index (χ1) is 12.3. The maximum atomic E-state index is 14.4. The Balaban J connectivity index is 1.52. The van der Waals surface area contributed by atoms with Gasteiger partial charge in [-0.2, -0.15) is 0 Å². The van der Waals surface area contributed by atoms with E-state index < -0.39 is 0 Å². The molecule has 2 fully saturated rings. The van der Waals surface area contributed by atoms with Crippen molar-refractivity contribution in [1.82, 2.24) is 15.3 Å². The van der Waals surface area contributed by atoms with Crippen molar-refractivity contribution in [3.63, 3.8) is 0 Å². The highest BCUT2D eigenvalue weighted by molar-refractivity contribution is 5.32. The second-order valence-electron chi connectivity index (χ2n) is 7.16. The fourth-order valence-corrected chi connectivity index (χ4v) is 4.18. The largest absolute Gasteiger partial charge is 0.341 e. The number of nitrogens with one attached hydrogen (secondary N) is 1. The molecule has 4 rings (SSSR count). The van der Waals surface area contributed by atoms with Gasteiger partial charge < -0.3 is 10.2 Å². The van der Waals surface area contributed by atoms with Crippen LogP contribution in [0.4, 0.5) is 10.3 Å². The molecule has 2 aliphatic rings. The third-order valence-electron chi connectivity index (χ3n) is 5.54. The molecule has 1 saturated heterocycles. The lowest BCUT2D eigenvalue weighted by Gasteiger charge is -2.31. The molecule has 0 radical (unpaired) electrons. The van der Waals surface area contributed by atoms with Crippen LogP contribution < -0.4 is 10.2 Å². The molecule has 4 nitrogen and oxygen atoms in total. The van der Waals surface area contributed by atoms with E-state index in [0.29, 0.717) is 6.54 Å². The van der Waals surface area contributed by atoms with Gasteiger partial charge in [-0.1, -0.05) is 31.0 Å². The maximum absolute atomic E-state index is 14.4. The predicted octanol–water partition coefficient (Wildman–Crippen LogP) is 3.78. The first kappa shape index (κ1) is 16.5. The van der Waals surface area contributed by atoms with Gasteiger partial charge in [-0.25, -0.2) is 14.4 Å². The van der Waals surface area contributed by atoms with E-state index in [-0.39, 0.29) is 11.4 Å². The summed E-state index contributed by atoms with van der Waals surface area (Å²) in [6.45, 7) is 2.71. The Kier molecular flexibility index (Phi) is 4.66. The zero-order valence-corrected chi connectivity index (χ0v) is 14.5. The molecule has 1 aliphatic heterocycles. The van der Waals surface area contributed by atoms with E-state index in [1.807, 2.05) is 24.4 Å². The van der Waals surface area contributed by atoms with Gasteiger partial charge in [0.25, 0.3) is 0 Å². The van der Waals surface area contributed by atoms with E-state index in [1.54, 1.807) is 12.1 Å². The average Bonchev–Trinajstić information content (AvgIpc) is 3.33. The lowest BCUT2D eigenvalue weighted by Crippen LogP contribution is -2.40. The maximum Gasteiger partial charge on any atom is 0.225 e. The van der Waals surface area contributed by atoms with E-state index in [9.17, 15) is 4.39 Å². The Morgan fingerprint density at radius 3 is 2.56 bits per heavy atom. The number of hydrogen-bond acceptors (Lipinski definition) is 4. The Morgan fingerprint density at radius 2 is 1.80 bits per heavy atom. The van der Waals surface area contributed by atoms with Crippen LogP contribution in [-0.2, 0) is 12.1 Å². The van der Waals surface area contributed by atoms with Crippen LogP contribution in [0.25, 0.3) is 0 Å². The van der Waals surface area contributed by atoms with Gasteiger partial charge in [0.1, 0.15) is 5.82 Å². The lowest BCUT2D eigenvalue weighted by atomic mass is 9.87. The summed E-state index contributed by atoms with van der Waals surface area (Å²) in [5.41, 5.74) is 1.49. The molecule has 0 atom stereocenters. The molecular weight excluding hydrogens is 315 g/mol. The summed E-state index contributed by atoms with van der Waals surface area (Å²) in [5.74, 6) is 0.709. The second-order valence-corrected chi connectivity index (χ2v) is 7.16. The zero-order chi connectivity index (χ0) is 17.1. The van der Waals surface area contributed by atoms with Crippen molar-refractivity contribution in [3.05, 3.63) is 53.6 Å². The van der Waals surface area contributed by atoms with Crippen LogP contribution >= 0.6 is 0 Å². The molecule has 0 amide bonds. The van der Waals surface area contributed by atoms with Crippen LogP contribution in [0.2, 0.25) is 0 Å². The lowest BCUT2D eigenvalue weighted by molar-refractivity contribution is 0.324. The molecule has 2 heterocycles. The van der Waals surface area contributed by atoms with Crippen LogP contribution in [0.1, 0.15) is 49.8 Å². The first-order valence-corrected chi connectivity index (χ1v) is 9.34. The van der Waals surface area contributed by atoms with Gasteiger partial charge in [-0.3, -0.25) is 0 Å². The Labute approximate surface area is 148 Å². The first-order valence-electron chi connectivity index (χ1n) is 9.34. The summed E-state index contributed by atoms with van der Waals surface area (Å²) >= 11 is 0. The number of rotatable bonds is 5. The molecule has 1 aliphatic carbocycles. The van der Waals surface area contributed by atoms with E-state index >= 15 is 0 Å². The van der Waals surface area contributed by atoms with E-state index in [0.717, 1.165) is 56.0 Å². The number of aromatic nitrogens is 2. The topological polar surface area (TPSA) is 41.1 Å². The van der Waals surface area contributed by atoms with Crippen LogP contribution in [-0.4, -0.2) is 23.1 Å². The van der Waals surface area contributed by atoms with E-state index in [2.05, 4.69) is 15.2 Å². The molecule has 5 heteroatoms. The summed E-state index contributed by atoms with van der Waals surface area (Å²) in [7, 11) is 0. The Hall–Kier alpha value is -2.01. The molecule has 1 saturated carbocycles. The summed E-state index contributed by atoms with van der Waals surface area (Å²) in [4.78, 5) is 11.4. The van der Waals surface area contributed by atoms with Gasteiger partial charge in [-0.05, 0) is 37.8 Å². The number of halogens is 1. The fourth-order valence-electron chi connectivity index (χ4n) is 4.18. The number of benzene rings is 1. The number of anilines is 1. The minimum Gasteiger partial charge on any atom is -0.341 e. The molecule has 0 unspecified atom stereocenters. The van der Waals surface area contributed by atoms with Crippen LogP contribution in [0.3, 0.4) is 0 Å². The highest BCUT2D eigenvalue weighted by Crippen LogP contribution is 2.40. The Morgan fingerprint density at radius 1 is 1.04 bits per heavy atom. The van der Waals surface area contributed by atoms with Gasteiger partial charge in [0, 0.05) is 36.9 Å². The van der Waals surface area contributed by atoms with Gasteiger partial charge in [-0.15, -0.1) is 0 Å². The molecule has 0 bridgehead atoms. The van der Waals surface area contributed by atoms with Crippen LogP contribution in [0.5, 0.6) is 0 Å². The van der Waals surface area contributed by atoms with Crippen molar-refractivity contribution < 1.29 is 4.39 Å². The summed E-state index contributed by atoms with van der Waals surface area (Å²) in [6, 6.07) is 9.12. The summed E-state index contributed by atoms with van der Waals surface area (Å²) in [6.07, 6.45) is 8.46. The van der Waals surface area contributed by atoms with Crippen LogP contribution in [0, 0.1) is 5.82 Å². The third kappa shape index (κ3) is 3.38. The fraction of sp³-hybridized carbons (Fsp3) is 0.500. The number of hydrogen-bond donors (Lipinski definition) is 1. The number of nitrogens with zero attached hydrogens (tertiary/aromatic N) is 3. The second kappa shape index (κ2) is 7.08. The summed E-state index contributed by atoms with van der Waals surface area (Å²) < 4.78 is 14.4. The minimum absolute atomic E-state index is 0.114. The monoisotopic (exact) mass is 340 g/mol. The molecule has 0 spiro atoms. The van der Waals surface area contributed by atoms with Crippen molar-refractivity contribution in [3.8, 4) is 0 Å². The molecular formula is C20H25FN4. The van der Waals surface area contributed by atoms with Gasteiger partial charge in [0.05, 0.1) is 5.69 Å². The zero-order valence-electron chi connectivity index (χ0n) is 14.5. The minimum atomic E-state index is -0.274. The van der Waals surface area contributed by atoms with Crippen molar-refractivity contribution in [2.75, 3.05) is 18.0 Å². The van der Waals surface area contributed by atoms with Crippen molar-refractivity contribution in [1.29, 1.82) is 0 Å². The molecule has 2 aromatic rings. The smallest absolute Gasteiger partial charge is 0.225 e. The SMILES string of the molecule is Fc1ccccc1C1(NCc2ccnc(N3CCCC3)n2)CCCC1. The third-order valence-corrected chi connectivity index (χ3v) is 5.54. The molecule has 25 heavy (non-hydrogen) atoms.